The Morgan fingerprint density at radius 3 is 2.52 bits per heavy atom. The predicted octanol–water partition coefficient (Wildman–Crippen LogP) is 3.49. The fourth-order valence-corrected chi connectivity index (χ4v) is 3.15. The van der Waals surface area contributed by atoms with Crippen molar-refractivity contribution in [2.75, 3.05) is 18.4 Å². The summed E-state index contributed by atoms with van der Waals surface area (Å²) in [7, 11) is 0. The molecule has 1 aromatic carbocycles. The summed E-state index contributed by atoms with van der Waals surface area (Å²) in [4.78, 5) is 2.44. The molecule has 1 unspecified atom stereocenters. The summed E-state index contributed by atoms with van der Waals surface area (Å²) >= 11 is 0. The topological polar surface area (TPSA) is 35.5 Å². The number of nitrogens with one attached hydrogen (secondary N) is 1. The van der Waals surface area contributed by atoms with Crippen molar-refractivity contribution in [2.24, 2.45) is 5.92 Å². The van der Waals surface area contributed by atoms with Crippen LogP contribution in [0.15, 0.2) is 24.3 Å². The van der Waals surface area contributed by atoms with Crippen molar-refractivity contribution in [1.29, 1.82) is 0 Å². The summed E-state index contributed by atoms with van der Waals surface area (Å²) in [6.45, 7) is 9.76. The molecule has 1 saturated heterocycles. The van der Waals surface area contributed by atoms with Gasteiger partial charge >= 0.3 is 0 Å². The van der Waals surface area contributed by atoms with Gasteiger partial charge < -0.3 is 10.4 Å². The zero-order valence-electron chi connectivity index (χ0n) is 13.7. The summed E-state index contributed by atoms with van der Waals surface area (Å²) < 4.78 is 0. The Hall–Kier alpha value is -1.06. The van der Waals surface area contributed by atoms with Crippen LogP contribution in [0.2, 0.25) is 0 Å². The number of piperidine rings is 1. The van der Waals surface area contributed by atoms with Gasteiger partial charge in [0.1, 0.15) is 0 Å². The number of likely N-dealkylation sites (tertiary alicyclic amines) is 1. The highest BCUT2D eigenvalue weighted by molar-refractivity contribution is 5.51. The average Bonchev–Trinajstić information content (AvgIpc) is 2.42. The van der Waals surface area contributed by atoms with Crippen molar-refractivity contribution in [2.45, 2.75) is 58.7 Å². The van der Waals surface area contributed by atoms with Crippen molar-refractivity contribution in [3.05, 3.63) is 29.8 Å². The van der Waals surface area contributed by atoms with E-state index < -0.39 is 0 Å². The summed E-state index contributed by atoms with van der Waals surface area (Å²) in [6, 6.07) is 9.12. The third-order valence-electron chi connectivity index (χ3n) is 4.20. The molecule has 0 aliphatic carbocycles. The molecule has 0 saturated carbocycles. The molecule has 0 spiro atoms. The Kier molecular flexibility index (Phi) is 6.07. The first-order valence-corrected chi connectivity index (χ1v) is 8.29. The van der Waals surface area contributed by atoms with Crippen LogP contribution < -0.4 is 5.32 Å². The zero-order valence-corrected chi connectivity index (χ0v) is 13.7. The maximum Gasteiger partial charge on any atom is 0.0564 e. The molecule has 0 radical (unpaired) electrons. The van der Waals surface area contributed by atoms with Crippen molar-refractivity contribution in [1.82, 2.24) is 4.90 Å². The molecule has 21 heavy (non-hydrogen) atoms. The highest BCUT2D eigenvalue weighted by Crippen LogP contribution is 2.21. The van der Waals surface area contributed by atoms with Gasteiger partial charge in [0.15, 0.2) is 0 Å². The number of rotatable bonds is 6. The third kappa shape index (κ3) is 5.33. The number of para-hydroxylation sites is 1. The second kappa shape index (κ2) is 7.81. The van der Waals surface area contributed by atoms with Crippen LogP contribution in [0.25, 0.3) is 0 Å². The molecule has 1 aliphatic heterocycles. The maximum atomic E-state index is 9.61. The molecule has 1 fully saturated rings. The first-order valence-electron chi connectivity index (χ1n) is 8.29. The Morgan fingerprint density at radius 1 is 1.19 bits per heavy atom. The summed E-state index contributed by atoms with van der Waals surface area (Å²) in [5.41, 5.74) is 2.63. The van der Waals surface area contributed by atoms with E-state index in [0.717, 1.165) is 32.5 Å². The van der Waals surface area contributed by atoms with E-state index in [1.165, 1.54) is 17.7 Å². The van der Waals surface area contributed by atoms with Gasteiger partial charge in [-0.1, -0.05) is 32.0 Å². The van der Waals surface area contributed by atoms with Gasteiger partial charge in [0.05, 0.1) is 6.10 Å². The number of aliphatic hydroxyl groups excluding tert-OH is 1. The molecule has 3 heteroatoms. The Morgan fingerprint density at radius 2 is 1.86 bits per heavy atom. The molecule has 0 amide bonds. The molecular weight excluding hydrogens is 260 g/mol. The summed E-state index contributed by atoms with van der Waals surface area (Å²) in [5.74, 6) is 0.711. The number of hydrogen-bond donors (Lipinski definition) is 2. The van der Waals surface area contributed by atoms with E-state index >= 15 is 0 Å². The predicted molar refractivity (Wildman–Crippen MR) is 89.5 cm³/mol. The molecule has 1 heterocycles. The number of hydrogen-bond acceptors (Lipinski definition) is 3. The second-order valence-electron chi connectivity index (χ2n) is 6.84. The van der Waals surface area contributed by atoms with E-state index in [2.05, 4.69) is 55.3 Å². The zero-order chi connectivity index (χ0) is 15.2. The van der Waals surface area contributed by atoms with Gasteiger partial charge in [-0.3, -0.25) is 4.90 Å². The van der Waals surface area contributed by atoms with Gasteiger partial charge in [-0.05, 0) is 43.7 Å². The van der Waals surface area contributed by atoms with Crippen LogP contribution in [0, 0.1) is 5.92 Å². The van der Waals surface area contributed by atoms with Gasteiger partial charge in [-0.25, -0.2) is 0 Å². The quantitative estimate of drug-likeness (QED) is 0.842. The monoisotopic (exact) mass is 290 g/mol. The standard InChI is InChI=1S/C18H30N2O/c1-14(2)12-15(3)19-18-7-5-4-6-16(18)13-20-10-8-17(21)9-11-20/h4-7,14-15,17,19,21H,8-13H2,1-3H3. The second-order valence-corrected chi connectivity index (χ2v) is 6.84. The number of benzene rings is 1. The molecule has 2 rings (SSSR count). The fourth-order valence-electron chi connectivity index (χ4n) is 3.15. The maximum absolute atomic E-state index is 9.61. The van der Waals surface area contributed by atoms with Gasteiger partial charge in [0, 0.05) is 31.4 Å². The first kappa shape index (κ1) is 16.3. The van der Waals surface area contributed by atoms with Crippen molar-refractivity contribution in [3.8, 4) is 0 Å². The van der Waals surface area contributed by atoms with Gasteiger partial charge in [-0.15, -0.1) is 0 Å². The minimum Gasteiger partial charge on any atom is -0.393 e. The molecule has 1 aliphatic rings. The van der Waals surface area contributed by atoms with Gasteiger partial charge in [-0.2, -0.15) is 0 Å². The van der Waals surface area contributed by atoms with E-state index in [-0.39, 0.29) is 6.10 Å². The number of aliphatic hydroxyl groups is 1. The van der Waals surface area contributed by atoms with Crippen LogP contribution in [0.4, 0.5) is 5.69 Å². The third-order valence-corrected chi connectivity index (χ3v) is 4.20. The van der Waals surface area contributed by atoms with Crippen LogP contribution in [0.1, 0.15) is 45.6 Å². The number of nitrogens with zero attached hydrogens (tertiary/aromatic N) is 1. The minimum atomic E-state index is -0.0966. The normalized spacial score (nSPS) is 18.9. The number of anilines is 1. The molecule has 1 atom stereocenters. The summed E-state index contributed by atoms with van der Waals surface area (Å²) in [5, 5.41) is 13.3. The molecule has 1 aromatic rings. The van der Waals surface area contributed by atoms with E-state index in [4.69, 9.17) is 0 Å². The van der Waals surface area contributed by atoms with Crippen LogP contribution in [0.5, 0.6) is 0 Å². The SMILES string of the molecule is CC(C)CC(C)Nc1ccccc1CN1CCC(O)CC1. The van der Waals surface area contributed by atoms with Gasteiger partial charge in [0.25, 0.3) is 0 Å². The molecule has 3 nitrogen and oxygen atoms in total. The van der Waals surface area contributed by atoms with E-state index in [0.29, 0.717) is 12.0 Å². The minimum absolute atomic E-state index is 0.0966. The Balaban J connectivity index is 1.96. The highest BCUT2D eigenvalue weighted by atomic mass is 16.3. The van der Waals surface area contributed by atoms with E-state index in [1.54, 1.807) is 0 Å². The fraction of sp³-hybridized carbons (Fsp3) is 0.667. The highest BCUT2D eigenvalue weighted by Gasteiger charge is 2.18. The first-order chi connectivity index (χ1) is 10.0. The largest absolute Gasteiger partial charge is 0.393 e. The van der Waals surface area contributed by atoms with E-state index in [9.17, 15) is 5.11 Å². The van der Waals surface area contributed by atoms with Crippen LogP contribution >= 0.6 is 0 Å². The summed E-state index contributed by atoms with van der Waals surface area (Å²) in [6.07, 6.45) is 2.89. The van der Waals surface area contributed by atoms with Crippen LogP contribution in [-0.4, -0.2) is 35.2 Å². The molecule has 0 aromatic heterocycles. The Bertz CT molecular complexity index is 425. The lowest BCUT2D eigenvalue weighted by atomic mass is 10.0. The molecular formula is C18H30N2O. The van der Waals surface area contributed by atoms with Crippen LogP contribution in [0.3, 0.4) is 0 Å². The molecule has 0 bridgehead atoms. The smallest absolute Gasteiger partial charge is 0.0564 e. The lowest BCUT2D eigenvalue weighted by Gasteiger charge is -2.30. The van der Waals surface area contributed by atoms with Crippen molar-refractivity contribution in [3.63, 3.8) is 0 Å². The average molecular weight is 290 g/mol. The van der Waals surface area contributed by atoms with Crippen molar-refractivity contribution < 1.29 is 5.11 Å². The lowest BCUT2D eigenvalue weighted by Crippen LogP contribution is -2.35. The molecule has 2 N–H and O–H groups in total. The van der Waals surface area contributed by atoms with Crippen molar-refractivity contribution >= 4 is 5.69 Å². The Labute approximate surface area is 129 Å². The molecule has 118 valence electrons. The van der Waals surface area contributed by atoms with E-state index in [1.807, 2.05) is 0 Å². The lowest BCUT2D eigenvalue weighted by molar-refractivity contribution is 0.0793. The van der Waals surface area contributed by atoms with Gasteiger partial charge in [0.2, 0.25) is 0 Å². The van der Waals surface area contributed by atoms with Crippen LogP contribution in [-0.2, 0) is 6.54 Å².